The minimum atomic E-state index is -0.316. The zero-order valence-corrected chi connectivity index (χ0v) is 19.5. The lowest BCUT2D eigenvalue weighted by molar-refractivity contribution is 0.0934. The Kier molecular flexibility index (Phi) is 4.97. The first-order chi connectivity index (χ1) is 14.9. The summed E-state index contributed by atoms with van der Waals surface area (Å²) in [5.41, 5.74) is 3.44. The molecule has 4 nitrogen and oxygen atoms in total. The van der Waals surface area contributed by atoms with Crippen LogP contribution in [0.3, 0.4) is 0 Å². The van der Waals surface area contributed by atoms with Crippen LogP contribution in [0.4, 0.5) is 5.00 Å². The van der Waals surface area contributed by atoms with E-state index in [0.717, 1.165) is 51.9 Å². The summed E-state index contributed by atoms with van der Waals surface area (Å²) in [7, 11) is 1.68. The van der Waals surface area contributed by atoms with Crippen LogP contribution in [-0.4, -0.2) is 13.0 Å². The highest BCUT2D eigenvalue weighted by Crippen LogP contribution is 2.47. The fraction of sp³-hybridized carbons (Fsp3) is 0.423. The highest BCUT2D eigenvalue weighted by atomic mass is 32.1. The molecule has 1 aliphatic heterocycles. The fourth-order valence-corrected chi connectivity index (χ4v) is 6.50. The molecule has 5 rings (SSSR count). The van der Waals surface area contributed by atoms with Gasteiger partial charge in [-0.15, -0.1) is 11.3 Å². The molecule has 162 valence electrons. The van der Waals surface area contributed by atoms with Crippen molar-refractivity contribution in [1.29, 1.82) is 0 Å². The number of fused-ring (bicyclic) bond motifs is 4. The van der Waals surface area contributed by atoms with Crippen molar-refractivity contribution in [1.82, 2.24) is 5.32 Å². The van der Waals surface area contributed by atoms with E-state index < -0.39 is 0 Å². The molecule has 3 aromatic rings. The number of thiophene rings is 1. The Bertz CT molecular complexity index is 1160. The number of hydrogen-bond donors (Lipinski definition) is 2. The lowest BCUT2D eigenvalue weighted by Crippen LogP contribution is -2.38. The van der Waals surface area contributed by atoms with Gasteiger partial charge in [0.05, 0.1) is 12.7 Å². The third-order valence-electron chi connectivity index (χ3n) is 7.50. The van der Waals surface area contributed by atoms with Crippen LogP contribution in [0, 0.1) is 11.3 Å². The van der Waals surface area contributed by atoms with Crippen LogP contribution >= 0.6 is 11.3 Å². The molecule has 2 aliphatic rings. The maximum atomic E-state index is 13.3. The number of anilines is 1. The van der Waals surface area contributed by atoms with Crippen molar-refractivity contribution < 1.29 is 9.53 Å². The van der Waals surface area contributed by atoms with E-state index >= 15 is 0 Å². The molecule has 5 heteroatoms. The molecule has 31 heavy (non-hydrogen) atoms. The van der Waals surface area contributed by atoms with E-state index in [9.17, 15) is 4.79 Å². The summed E-state index contributed by atoms with van der Waals surface area (Å²) in [6, 6.07) is 12.3. The molecular formula is C26H30N2O2S. The average Bonchev–Trinajstić information content (AvgIpc) is 3.16. The minimum Gasteiger partial charge on any atom is -0.496 e. The molecule has 2 unspecified atom stereocenters. The van der Waals surface area contributed by atoms with Gasteiger partial charge in [-0.3, -0.25) is 4.79 Å². The third-order valence-corrected chi connectivity index (χ3v) is 8.68. The van der Waals surface area contributed by atoms with E-state index in [4.69, 9.17) is 4.74 Å². The molecule has 0 radical (unpaired) electrons. The van der Waals surface area contributed by atoms with Crippen LogP contribution in [0.1, 0.15) is 66.1 Å². The van der Waals surface area contributed by atoms with Gasteiger partial charge in [-0.25, -0.2) is 0 Å². The summed E-state index contributed by atoms with van der Waals surface area (Å²) in [6.07, 6.45) is 4.09. The number of hydrogen-bond acceptors (Lipinski definition) is 4. The Morgan fingerprint density at radius 2 is 1.97 bits per heavy atom. The van der Waals surface area contributed by atoms with Gasteiger partial charge in [-0.1, -0.05) is 57.5 Å². The van der Waals surface area contributed by atoms with Crippen molar-refractivity contribution in [2.75, 3.05) is 12.4 Å². The summed E-state index contributed by atoms with van der Waals surface area (Å²) in [5.74, 6) is 1.48. The quantitative estimate of drug-likeness (QED) is 0.506. The first-order valence-corrected chi connectivity index (χ1v) is 12.0. The first-order valence-electron chi connectivity index (χ1n) is 11.2. The number of rotatable bonds is 4. The van der Waals surface area contributed by atoms with Crippen LogP contribution in [0.5, 0.6) is 5.75 Å². The molecule has 0 saturated carbocycles. The average molecular weight is 435 g/mol. The van der Waals surface area contributed by atoms with E-state index in [0.29, 0.717) is 11.3 Å². The Hall–Kier alpha value is -2.53. The van der Waals surface area contributed by atoms with Crippen molar-refractivity contribution in [3.05, 3.63) is 58.0 Å². The third kappa shape index (κ3) is 3.30. The molecule has 0 fully saturated rings. The van der Waals surface area contributed by atoms with Crippen LogP contribution in [0.15, 0.2) is 36.4 Å². The minimum absolute atomic E-state index is 0.0273. The summed E-state index contributed by atoms with van der Waals surface area (Å²) in [4.78, 5) is 14.7. The van der Waals surface area contributed by atoms with E-state index in [1.165, 1.54) is 16.9 Å². The van der Waals surface area contributed by atoms with E-state index in [2.05, 4.69) is 49.6 Å². The number of methoxy groups -OCH3 is 1. The lowest BCUT2D eigenvalue weighted by atomic mass is 9.69. The van der Waals surface area contributed by atoms with Crippen molar-refractivity contribution in [3.63, 3.8) is 0 Å². The van der Waals surface area contributed by atoms with Crippen molar-refractivity contribution >= 4 is 33.0 Å². The van der Waals surface area contributed by atoms with Crippen LogP contribution < -0.4 is 15.4 Å². The van der Waals surface area contributed by atoms with Gasteiger partial charge in [-0.2, -0.15) is 0 Å². The van der Waals surface area contributed by atoms with E-state index in [-0.39, 0.29) is 12.1 Å². The zero-order valence-electron chi connectivity index (χ0n) is 18.7. The predicted octanol–water partition coefficient (Wildman–Crippen LogP) is 6.31. The first kappa shape index (κ1) is 20.4. The number of ether oxygens (including phenoxy) is 1. The standard InChI is InChI=1S/C26H30N2O2S/c1-5-26(2,3)16-11-12-18-20(14-16)31-25-22(18)24(29)27-23(28-25)21-17-9-7-6-8-15(17)10-13-19(21)30-4/h6-10,13,16,23,28H,5,11-12,14H2,1-4H3,(H,27,29). The smallest absolute Gasteiger partial charge is 0.256 e. The maximum absolute atomic E-state index is 13.3. The Balaban J connectivity index is 1.54. The number of amides is 1. The molecule has 0 bridgehead atoms. The summed E-state index contributed by atoms with van der Waals surface area (Å²) >= 11 is 1.78. The predicted molar refractivity (Wildman–Crippen MR) is 128 cm³/mol. The molecule has 1 aromatic heterocycles. The largest absolute Gasteiger partial charge is 0.496 e. The molecule has 2 atom stereocenters. The van der Waals surface area contributed by atoms with Gasteiger partial charge in [0.25, 0.3) is 5.91 Å². The Morgan fingerprint density at radius 1 is 1.16 bits per heavy atom. The lowest BCUT2D eigenvalue weighted by Gasteiger charge is -2.36. The molecular weight excluding hydrogens is 404 g/mol. The number of carbonyl (C=O) groups excluding carboxylic acids is 1. The van der Waals surface area contributed by atoms with Gasteiger partial charge in [0.2, 0.25) is 0 Å². The number of benzene rings is 2. The van der Waals surface area contributed by atoms with Gasteiger partial charge < -0.3 is 15.4 Å². The van der Waals surface area contributed by atoms with Gasteiger partial charge >= 0.3 is 0 Å². The molecule has 2 N–H and O–H groups in total. The second-order valence-electron chi connectivity index (χ2n) is 9.44. The second-order valence-corrected chi connectivity index (χ2v) is 10.5. The fourth-order valence-electron chi connectivity index (χ4n) is 5.15. The van der Waals surface area contributed by atoms with Gasteiger partial charge in [0.1, 0.15) is 16.9 Å². The highest BCUT2D eigenvalue weighted by Gasteiger charge is 2.38. The topological polar surface area (TPSA) is 50.4 Å². The molecule has 1 aliphatic carbocycles. The Labute approximate surface area is 188 Å². The highest BCUT2D eigenvalue weighted by molar-refractivity contribution is 7.16. The molecule has 0 spiro atoms. The summed E-state index contributed by atoms with van der Waals surface area (Å²) in [5, 5.41) is 10.1. The van der Waals surface area contributed by atoms with E-state index in [1.807, 2.05) is 18.2 Å². The summed E-state index contributed by atoms with van der Waals surface area (Å²) in [6.45, 7) is 7.04. The van der Waals surface area contributed by atoms with Crippen LogP contribution in [0.2, 0.25) is 0 Å². The number of carbonyl (C=O) groups is 1. The monoisotopic (exact) mass is 434 g/mol. The van der Waals surface area contributed by atoms with Crippen molar-refractivity contribution in [2.45, 2.75) is 52.6 Å². The molecule has 2 heterocycles. The summed E-state index contributed by atoms with van der Waals surface area (Å²) < 4.78 is 5.69. The zero-order chi connectivity index (χ0) is 21.8. The van der Waals surface area contributed by atoms with Crippen molar-refractivity contribution in [3.8, 4) is 5.75 Å². The Morgan fingerprint density at radius 3 is 2.74 bits per heavy atom. The SMILES string of the molecule is CCC(C)(C)C1CCc2c(sc3c2C(=O)NC(c2c(OC)ccc4ccccc24)N3)C1. The second kappa shape index (κ2) is 7.56. The van der Waals surface area contributed by atoms with Crippen molar-refractivity contribution in [2.24, 2.45) is 11.3 Å². The normalized spacial score (nSPS) is 20.6. The van der Waals surface area contributed by atoms with Gasteiger partial charge in [0, 0.05) is 10.4 Å². The van der Waals surface area contributed by atoms with Crippen LogP contribution in [0.25, 0.3) is 10.8 Å². The van der Waals surface area contributed by atoms with E-state index in [1.54, 1.807) is 18.4 Å². The van der Waals surface area contributed by atoms with Gasteiger partial charge in [-0.05, 0) is 53.0 Å². The van der Waals surface area contributed by atoms with Crippen LogP contribution in [-0.2, 0) is 12.8 Å². The van der Waals surface area contributed by atoms with Gasteiger partial charge in [0.15, 0.2) is 0 Å². The molecule has 0 saturated heterocycles. The maximum Gasteiger partial charge on any atom is 0.256 e. The molecule has 2 aromatic carbocycles. The number of nitrogens with one attached hydrogen (secondary N) is 2. The molecule has 1 amide bonds.